The molecule has 0 radical (unpaired) electrons. The zero-order valence-corrected chi connectivity index (χ0v) is 24.5. The summed E-state index contributed by atoms with van der Waals surface area (Å²) in [6, 6.07) is -0.729. The summed E-state index contributed by atoms with van der Waals surface area (Å²) in [5, 5.41) is 19.6. The molecule has 0 aromatic heterocycles. The van der Waals surface area contributed by atoms with Crippen molar-refractivity contribution in [3.8, 4) is 0 Å². The molecule has 0 aliphatic rings. The van der Waals surface area contributed by atoms with Gasteiger partial charge in [-0.3, -0.25) is 24.0 Å². The predicted molar refractivity (Wildman–Crippen MR) is 151 cm³/mol. The van der Waals surface area contributed by atoms with Crippen LogP contribution in [0.2, 0.25) is 0 Å². The number of nitrogens with one attached hydrogen (secondary N) is 4. The number of carboxylic acid groups (broad SMARTS) is 1. The van der Waals surface area contributed by atoms with Crippen LogP contribution in [0.15, 0.2) is 0 Å². The van der Waals surface area contributed by atoms with Crippen molar-refractivity contribution >= 4 is 54.0 Å². The minimum absolute atomic E-state index is 0.0355. The topological polar surface area (TPSA) is 181 Å². The second kappa shape index (κ2) is 24.9. The van der Waals surface area contributed by atoms with Crippen LogP contribution >= 0.6 is 24.4 Å². The van der Waals surface area contributed by atoms with E-state index in [1.807, 2.05) is 13.8 Å². The second-order valence-electron chi connectivity index (χ2n) is 8.50. The summed E-state index contributed by atoms with van der Waals surface area (Å²) in [6.07, 6.45) is 0.637. The summed E-state index contributed by atoms with van der Waals surface area (Å²) >= 11 is 5.49. The quantitative estimate of drug-likeness (QED) is 0.0599. The average Bonchev–Trinajstić information content (AvgIpc) is 2.90. The van der Waals surface area contributed by atoms with Crippen LogP contribution in [0, 0.1) is 0 Å². The highest BCUT2D eigenvalue weighted by Crippen LogP contribution is 2.07. The molecular formula is C24H44N4O9S2. The van der Waals surface area contributed by atoms with Gasteiger partial charge in [0.25, 0.3) is 0 Å². The lowest BCUT2D eigenvalue weighted by molar-refractivity contribution is -0.138. The maximum Gasteiger partial charge on any atom is 0.303 e. The van der Waals surface area contributed by atoms with Crippen LogP contribution < -0.4 is 21.3 Å². The number of hydrogen-bond donors (Lipinski definition) is 6. The number of thiol groups is 1. The number of carboxylic acids is 1. The zero-order valence-electron chi connectivity index (χ0n) is 22.8. The van der Waals surface area contributed by atoms with Crippen LogP contribution in [-0.4, -0.2) is 117 Å². The van der Waals surface area contributed by atoms with Gasteiger partial charge in [0.05, 0.1) is 57.6 Å². The van der Waals surface area contributed by atoms with Crippen molar-refractivity contribution in [2.45, 2.75) is 50.8 Å². The fourth-order valence-electron chi connectivity index (χ4n) is 2.82. The molecule has 5 N–H and O–H groups in total. The molecule has 4 amide bonds. The number of aliphatic carboxylic acids is 1. The maximum atomic E-state index is 12.5. The standard InChI is InChI=1S/C24H44N4O9S2/c1-18(2)39-17-22(31)25-7-3-4-19(28-21(30)16-38)24(34)27-9-11-36-13-15-37-14-12-35-10-8-26-20(29)5-6-23(32)33/h18-19,38H,3-17H2,1-2H3,(H,25,31)(H,26,29)(H,27,34)(H,28,30)(H,32,33)/t19-/m0/s1. The molecule has 226 valence electrons. The van der Waals surface area contributed by atoms with Crippen LogP contribution in [0.25, 0.3) is 0 Å². The van der Waals surface area contributed by atoms with Crippen molar-refractivity contribution in [2.75, 3.05) is 70.8 Å². The predicted octanol–water partition coefficient (Wildman–Crippen LogP) is -0.414. The lowest BCUT2D eigenvalue weighted by Gasteiger charge is -2.18. The van der Waals surface area contributed by atoms with E-state index in [2.05, 4.69) is 33.9 Å². The Labute approximate surface area is 240 Å². The van der Waals surface area contributed by atoms with Crippen molar-refractivity contribution in [3.05, 3.63) is 0 Å². The third-order valence-corrected chi connectivity index (χ3v) is 6.14. The Bertz CT molecular complexity index is 730. The molecule has 0 fully saturated rings. The van der Waals surface area contributed by atoms with Crippen LogP contribution in [-0.2, 0) is 38.2 Å². The Morgan fingerprint density at radius 1 is 0.769 bits per heavy atom. The summed E-state index contributed by atoms with van der Waals surface area (Å²) in [5.74, 6) is -1.74. The van der Waals surface area contributed by atoms with Crippen molar-refractivity contribution < 1.29 is 43.3 Å². The molecule has 0 aliphatic carbocycles. The number of carbonyl (C=O) groups excluding carboxylic acids is 4. The zero-order chi connectivity index (χ0) is 29.3. The van der Waals surface area contributed by atoms with Gasteiger partial charge in [0.15, 0.2) is 0 Å². The first-order valence-electron chi connectivity index (χ1n) is 12.9. The van der Waals surface area contributed by atoms with E-state index in [-0.39, 0.29) is 55.4 Å². The smallest absolute Gasteiger partial charge is 0.303 e. The van der Waals surface area contributed by atoms with E-state index < -0.39 is 12.0 Å². The van der Waals surface area contributed by atoms with E-state index in [1.165, 1.54) is 0 Å². The van der Waals surface area contributed by atoms with E-state index in [0.29, 0.717) is 70.0 Å². The van der Waals surface area contributed by atoms with Crippen LogP contribution in [0.4, 0.5) is 0 Å². The average molecular weight is 597 g/mol. The minimum atomic E-state index is -1.02. The Hall–Kier alpha value is -2.07. The number of rotatable bonds is 25. The molecule has 0 saturated heterocycles. The van der Waals surface area contributed by atoms with Gasteiger partial charge in [0.2, 0.25) is 23.6 Å². The lowest BCUT2D eigenvalue weighted by Crippen LogP contribution is -2.48. The van der Waals surface area contributed by atoms with E-state index in [0.717, 1.165) is 0 Å². The number of thioether (sulfide) groups is 1. The highest BCUT2D eigenvalue weighted by atomic mass is 32.2. The largest absolute Gasteiger partial charge is 0.481 e. The Morgan fingerprint density at radius 2 is 1.33 bits per heavy atom. The molecule has 0 heterocycles. The minimum Gasteiger partial charge on any atom is -0.481 e. The van der Waals surface area contributed by atoms with Crippen molar-refractivity contribution in [3.63, 3.8) is 0 Å². The Morgan fingerprint density at radius 3 is 1.90 bits per heavy atom. The van der Waals surface area contributed by atoms with Gasteiger partial charge in [-0.2, -0.15) is 12.6 Å². The molecule has 13 nitrogen and oxygen atoms in total. The van der Waals surface area contributed by atoms with Crippen molar-refractivity contribution in [1.29, 1.82) is 0 Å². The Balaban J connectivity index is 3.85. The van der Waals surface area contributed by atoms with Gasteiger partial charge >= 0.3 is 5.97 Å². The van der Waals surface area contributed by atoms with Crippen LogP contribution in [0.5, 0.6) is 0 Å². The molecule has 0 saturated carbocycles. The summed E-state index contributed by atoms with van der Waals surface area (Å²) < 4.78 is 16.1. The highest BCUT2D eigenvalue weighted by Gasteiger charge is 2.19. The lowest BCUT2D eigenvalue weighted by atomic mass is 10.1. The van der Waals surface area contributed by atoms with E-state index in [4.69, 9.17) is 19.3 Å². The molecule has 0 aliphatic heterocycles. The highest BCUT2D eigenvalue weighted by molar-refractivity contribution is 8.00. The van der Waals surface area contributed by atoms with Crippen molar-refractivity contribution in [2.24, 2.45) is 0 Å². The van der Waals surface area contributed by atoms with E-state index in [1.54, 1.807) is 11.8 Å². The second-order valence-corrected chi connectivity index (χ2v) is 10.4. The number of ether oxygens (including phenoxy) is 3. The monoisotopic (exact) mass is 596 g/mol. The number of amides is 4. The van der Waals surface area contributed by atoms with Gasteiger partial charge in [-0.15, -0.1) is 11.8 Å². The summed E-state index contributed by atoms with van der Waals surface area (Å²) in [6.45, 7) is 6.91. The molecule has 0 rings (SSSR count). The summed E-state index contributed by atoms with van der Waals surface area (Å²) in [7, 11) is 0. The SMILES string of the molecule is CC(C)SCC(=O)NCCC[C@H](NC(=O)CS)C(=O)NCCOCCOCCOCCNC(=O)CCC(=O)O. The molecule has 0 unspecified atom stereocenters. The summed E-state index contributed by atoms with van der Waals surface area (Å²) in [5.41, 5.74) is 0. The molecule has 0 aromatic rings. The molecule has 15 heteroatoms. The molecule has 0 aromatic carbocycles. The van der Waals surface area contributed by atoms with Gasteiger partial charge in [-0.1, -0.05) is 13.8 Å². The first-order chi connectivity index (χ1) is 18.6. The maximum absolute atomic E-state index is 12.5. The third-order valence-electron chi connectivity index (χ3n) is 4.76. The molecule has 0 spiro atoms. The van der Waals surface area contributed by atoms with Gasteiger partial charge < -0.3 is 40.6 Å². The van der Waals surface area contributed by atoms with Crippen LogP contribution in [0.3, 0.4) is 0 Å². The van der Waals surface area contributed by atoms with Gasteiger partial charge in [-0.25, -0.2) is 0 Å². The molecule has 39 heavy (non-hydrogen) atoms. The summed E-state index contributed by atoms with van der Waals surface area (Å²) in [4.78, 5) is 57.8. The van der Waals surface area contributed by atoms with Gasteiger partial charge in [-0.05, 0) is 18.1 Å². The Kier molecular flexibility index (Phi) is 23.6. The molecule has 1 atom stereocenters. The molecular weight excluding hydrogens is 552 g/mol. The van der Waals surface area contributed by atoms with E-state index in [9.17, 15) is 24.0 Å². The van der Waals surface area contributed by atoms with Crippen molar-refractivity contribution in [1.82, 2.24) is 21.3 Å². The fraction of sp³-hybridized carbons (Fsp3) is 0.792. The molecule has 0 bridgehead atoms. The van der Waals surface area contributed by atoms with Gasteiger partial charge in [0.1, 0.15) is 6.04 Å². The first-order valence-corrected chi connectivity index (χ1v) is 14.6. The first kappa shape index (κ1) is 36.9. The van der Waals surface area contributed by atoms with Crippen LogP contribution in [0.1, 0.15) is 39.5 Å². The van der Waals surface area contributed by atoms with E-state index >= 15 is 0 Å². The third kappa shape index (κ3) is 24.7. The fourth-order valence-corrected chi connectivity index (χ4v) is 3.50. The number of hydrogen-bond acceptors (Lipinski definition) is 10. The van der Waals surface area contributed by atoms with Gasteiger partial charge in [0, 0.05) is 26.1 Å². The normalized spacial score (nSPS) is 11.6. The number of carbonyl (C=O) groups is 5.